The third-order valence-electron chi connectivity index (χ3n) is 4.55. The van der Waals surface area contributed by atoms with Gasteiger partial charge in [-0.15, -0.1) is 0 Å². The molecule has 1 aliphatic heterocycles. The van der Waals surface area contributed by atoms with Crippen LogP contribution < -0.4 is 10.2 Å². The van der Waals surface area contributed by atoms with Crippen LogP contribution in [0.3, 0.4) is 0 Å². The van der Waals surface area contributed by atoms with Gasteiger partial charge in [0.1, 0.15) is 0 Å². The molecule has 27 heavy (non-hydrogen) atoms. The highest BCUT2D eigenvalue weighted by Gasteiger charge is 2.22. The largest absolute Gasteiger partial charge is 0.348 e. The molecule has 1 N–H and O–H groups in total. The molecule has 1 fully saturated rings. The normalized spacial score (nSPS) is 13.6. The fraction of sp³-hybridized carbons (Fsp3) is 0.286. The van der Waals surface area contributed by atoms with Gasteiger partial charge < -0.3 is 15.1 Å². The lowest BCUT2D eigenvalue weighted by molar-refractivity contribution is -0.117. The van der Waals surface area contributed by atoms with Crippen molar-refractivity contribution in [1.82, 2.24) is 10.2 Å². The second-order valence-corrected chi connectivity index (χ2v) is 6.78. The molecule has 0 aliphatic carbocycles. The molecule has 0 bridgehead atoms. The molecule has 0 unspecified atom stereocenters. The zero-order chi connectivity index (χ0) is 19.4. The Labute approximate surface area is 158 Å². The van der Waals surface area contributed by atoms with Gasteiger partial charge in [0.05, 0.1) is 0 Å². The van der Waals surface area contributed by atoms with E-state index in [4.69, 9.17) is 0 Å². The van der Waals surface area contributed by atoms with E-state index in [0.29, 0.717) is 30.6 Å². The molecule has 0 radical (unpaired) electrons. The van der Waals surface area contributed by atoms with Crippen LogP contribution in [0.4, 0.5) is 5.69 Å². The summed E-state index contributed by atoms with van der Waals surface area (Å²) in [6.45, 7) is 1.06. The van der Waals surface area contributed by atoms with Crippen LogP contribution in [0, 0.1) is 0 Å². The summed E-state index contributed by atoms with van der Waals surface area (Å²) in [6.07, 6.45) is 1.41. The Kier molecular flexibility index (Phi) is 5.54. The summed E-state index contributed by atoms with van der Waals surface area (Å²) < 4.78 is 0. The van der Waals surface area contributed by atoms with Gasteiger partial charge in [-0.2, -0.15) is 0 Å². The average molecular weight is 365 g/mol. The van der Waals surface area contributed by atoms with E-state index in [1.54, 1.807) is 49.3 Å². The molecule has 3 amide bonds. The lowest BCUT2D eigenvalue weighted by atomic mass is 10.1. The van der Waals surface area contributed by atoms with Crippen molar-refractivity contribution in [3.63, 3.8) is 0 Å². The maximum atomic E-state index is 12.5. The Balaban J connectivity index is 1.62. The zero-order valence-corrected chi connectivity index (χ0v) is 15.6. The number of benzene rings is 2. The van der Waals surface area contributed by atoms with Crippen LogP contribution in [-0.2, 0) is 11.3 Å². The molecular formula is C21H23N3O3. The van der Waals surface area contributed by atoms with Gasteiger partial charge in [0, 0.05) is 50.4 Å². The Morgan fingerprint density at radius 3 is 2.44 bits per heavy atom. The van der Waals surface area contributed by atoms with E-state index < -0.39 is 0 Å². The molecule has 0 atom stereocenters. The second kappa shape index (κ2) is 8.03. The van der Waals surface area contributed by atoms with Crippen molar-refractivity contribution in [2.24, 2.45) is 0 Å². The standard InChI is InChI=1S/C21H23N3O3/c1-23(2)21(27)16-10-8-15(9-11-16)14-22-20(26)17-5-3-6-18(13-17)24-12-4-7-19(24)25/h3,5-6,8-11,13H,4,7,12,14H2,1-2H3,(H,22,26). The molecule has 0 spiro atoms. The van der Waals surface area contributed by atoms with Gasteiger partial charge in [0.2, 0.25) is 5.91 Å². The minimum Gasteiger partial charge on any atom is -0.348 e. The first kappa shape index (κ1) is 18.6. The zero-order valence-electron chi connectivity index (χ0n) is 15.6. The molecule has 6 nitrogen and oxygen atoms in total. The minimum atomic E-state index is -0.197. The van der Waals surface area contributed by atoms with E-state index in [-0.39, 0.29) is 17.7 Å². The second-order valence-electron chi connectivity index (χ2n) is 6.78. The Bertz CT molecular complexity index is 859. The van der Waals surface area contributed by atoms with Crippen LogP contribution in [0.1, 0.15) is 39.1 Å². The molecule has 1 heterocycles. The number of amides is 3. The van der Waals surface area contributed by atoms with Gasteiger partial charge in [-0.25, -0.2) is 0 Å². The highest BCUT2D eigenvalue weighted by atomic mass is 16.2. The molecule has 1 aliphatic rings. The van der Waals surface area contributed by atoms with Gasteiger partial charge >= 0.3 is 0 Å². The van der Waals surface area contributed by atoms with Crippen molar-refractivity contribution in [2.75, 3.05) is 25.5 Å². The maximum Gasteiger partial charge on any atom is 0.253 e. The maximum absolute atomic E-state index is 12.5. The van der Waals surface area contributed by atoms with Gasteiger partial charge in [0.25, 0.3) is 11.8 Å². The molecule has 0 saturated carbocycles. The summed E-state index contributed by atoms with van der Waals surface area (Å²) in [4.78, 5) is 39.5. The van der Waals surface area contributed by atoms with Crippen LogP contribution in [0.25, 0.3) is 0 Å². The molecule has 140 valence electrons. The highest BCUT2D eigenvalue weighted by molar-refractivity contribution is 5.99. The molecule has 2 aromatic carbocycles. The highest BCUT2D eigenvalue weighted by Crippen LogP contribution is 2.22. The van der Waals surface area contributed by atoms with Crippen LogP contribution in [0.2, 0.25) is 0 Å². The molecule has 6 heteroatoms. The van der Waals surface area contributed by atoms with Gasteiger partial charge in [-0.1, -0.05) is 18.2 Å². The summed E-state index contributed by atoms with van der Waals surface area (Å²) in [5.74, 6) is -0.157. The topological polar surface area (TPSA) is 69.7 Å². The first-order valence-corrected chi connectivity index (χ1v) is 8.95. The Hall–Kier alpha value is -3.15. The smallest absolute Gasteiger partial charge is 0.253 e. The van der Waals surface area contributed by atoms with E-state index in [0.717, 1.165) is 17.7 Å². The first-order chi connectivity index (χ1) is 13.0. The number of carbonyl (C=O) groups is 3. The van der Waals surface area contributed by atoms with Gasteiger partial charge in [0.15, 0.2) is 0 Å². The quantitative estimate of drug-likeness (QED) is 0.885. The van der Waals surface area contributed by atoms with E-state index >= 15 is 0 Å². The Morgan fingerprint density at radius 2 is 1.81 bits per heavy atom. The number of hydrogen-bond donors (Lipinski definition) is 1. The van der Waals surface area contributed by atoms with E-state index in [2.05, 4.69) is 5.32 Å². The Morgan fingerprint density at radius 1 is 1.07 bits per heavy atom. The molecule has 0 aromatic heterocycles. The number of nitrogens with zero attached hydrogens (tertiary/aromatic N) is 2. The van der Waals surface area contributed by atoms with Gasteiger partial charge in [-0.3, -0.25) is 14.4 Å². The summed E-state index contributed by atoms with van der Waals surface area (Å²) in [6, 6.07) is 14.3. The van der Waals surface area contributed by atoms with E-state index in [1.165, 1.54) is 4.90 Å². The SMILES string of the molecule is CN(C)C(=O)c1ccc(CNC(=O)c2cccc(N3CCCC3=O)c2)cc1. The molecule has 2 aromatic rings. The number of anilines is 1. The minimum absolute atomic E-state index is 0.0566. The number of hydrogen-bond acceptors (Lipinski definition) is 3. The van der Waals surface area contributed by atoms with Crippen molar-refractivity contribution >= 4 is 23.4 Å². The number of nitrogens with one attached hydrogen (secondary N) is 1. The predicted octanol–water partition coefficient (Wildman–Crippen LogP) is 2.45. The van der Waals surface area contributed by atoms with Crippen LogP contribution in [0.5, 0.6) is 0 Å². The first-order valence-electron chi connectivity index (χ1n) is 8.95. The summed E-state index contributed by atoms with van der Waals surface area (Å²) >= 11 is 0. The summed E-state index contributed by atoms with van der Waals surface area (Å²) in [5, 5.41) is 2.88. The monoisotopic (exact) mass is 365 g/mol. The van der Waals surface area contributed by atoms with Crippen LogP contribution in [-0.4, -0.2) is 43.3 Å². The number of carbonyl (C=O) groups excluding carboxylic acids is 3. The lowest BCUT2D eigenvalue weighted by Crippen LogP contribution is -2.26. The summed E-state index contributed by atoms with van der Waals surface area (Å²) in [7, 11) is 3.42. The molecule has 1 saturated heterocycles. The van der Waals surface area contributed by atoms with Crippen molar-refractivity contribution in [2.45, 2.75) is 19.4 Å². The van der Waals surface area contributed by atoms with Crippen molar-refractivity contribution in [3.8, 4) is 0 Å². The number of rotatable bonds is 5. The van der Waals surface area contributed by atoms with Crippen LogP contribution >= 0.6 is 0 Å². The predicted molar refractivity (Wildman–Crippen MR) is 104 cm³/mol. The van der Waals surface area contributed by atoms with E-state index in [1.807, 2.05) is 18.2 Å². The molecular weight excluding hydrogens is 342 g/mol. The lowest BCUT2D eigenvalue weighted by Gasteiger charge is -2.16. The average Bonchev–Trinajstić information content (AvgIpc) is 3.12. The van der Waals surface area contributed by atoms with Crippen molar-refractivity contribution in [3.05, 3.63) is 65.2 Å². The van der Waals surface area contributed by atoms with Crippen molar-refractivity contribution in [1.29, 1.82) is 0 Å². The molecule has 3 rings (SSSR count). The fourth-order valence-electron chi connectivity index (χ4n) is 3.04. The van der Waals surface area contributed by atoms with Gasteiger partial charge in [-0.05, 0) is 42.3 Å². The summed E-state index contributed by atoms with van der Waals surface area (Å²) in [5.41, 5.74) is 2.80. The third-order valence-corrected chi connectivity index (χ3v) is 4.55. The van der Waals surface area contributed by atoms with Crippen LogP contribution in [0.15, 0.2) is 48.5 Å². The van der Waals surface area contributed by atoms with E-state index in [9.17, 15) is 14.4 Å². The fourth-order valence-corrected chi connectivity index (χ4v) is 3.04. The van der Waals surface area contributed by atoms with Crippen molar-refractivity contribution < 1.29 is 14.4 Å². The third kappa shape index (κ3) is 4.34.